The number of nitrogens with zero attached hydrogens (tertiary/aromatic N) is 3. The zero-order valence-electron chi connectivity index (χ0n) is 38.3. The van der Waals surface area contributed by atoms with Gasteiger partial charge in [0.15, 0.2) is 0 Å². The average molecular weight is 892 g/mol. The van der Waals surface area contributed by atoms with E-state index in [0.717, 1.165) is 34.1 Å². The molecule has 0 saturated heterocycles. The molecule has 1 unspecified atom stereocenters. The molecule has 1 atom stereocenters. The summed E-state index contributed by atoms with van der Waals surface area (Å²) in [6, 6.07) is 100. The maximum absolute atomic E-state index is 2.53. The van der Waals surface area contributed by atoms with Crippen molar-refractivity contribution in [3.8, 4) is 39.1 Å². The van der Waals surface area contributed by atoms with Crippen LogP contribution in [0.2, 0.25) is 0 Å². The Balaban J connectivity index is 1.07. The first kappa shape index (κ1) is 39.9. The van der Waals surface area contributed by atoms with Crippen molar-refractivity contribution in [3.05, 3.63) is 295 Å². The maximum Gasteiger partial charge on any atom is 0.0756 e. The Morgan fingerprint density at radius 3 is 1.56 bits per heavy atom. The van der Waals surface area contributed by atoms with Crippen LogP contribution in [0, 0.1) is 0 Å². The van der Waals surface area contributed by atoms with Crippen LogP contribution in [0.4, 0.5) is 34.1 Å². The summed E-state index contributed by atoms with van der Waals surface area (Å²) in [4.78, 5) is 4.89. The lowest BCUT2D eigenvalue weighted by molar-refractivity contribution is 0.748. The van der Waals surface area contributed by atoms with Gasteiger partial charge in [-0.15, -0.1) is 0 Å². The molecule has 12 aromatic rings. The Morgan fingerprint density at radius 1 is 0.300 bits per heavy atom. The molecule has 0 bridgehead atoms. The second-order valence-electron chi connectivity index (χ2n) is 18.4. The van der Waals surface area contributed by atoms with Crippen LogP contribution in [0.3, 0.4) is 0 Å². The topological polar surface area (TPSA) is 11.4 Å². The van der Waals surface area contributed by atoms with E-state index in [1.165, 1.54) is 83.1 Å². The van der Waals surface area contributed by atoms with E-state index in [-0.39, 0.29) is 0 Å². The van der Waals surface area contributed by atoms with Crippen molar-refractivity contribution in [1.29, 1.82) is 0 Å². The Hall–Kier alpha value is -9.18. The van der Waals surface area contributed by atoms with E-state index < -0.39 is 5.41 Å². The molecule has 2 aliphatic rings. The van der Waals surface area contributed by atoms with E-state index in [0.29, 0.717) is 0 Å². The zero-order valence-corrected chi connectivity index (χ0v) is 38.3. The third-order valence-corrected chi connectivity index (χ3v) is 14.7. The van der Waals surface area contributed by atoms with Gasteiger partial charge in [-0.3, -0.25) is 0 Å². The van der Waals surface area contributed by atoms with Gasteiger partial charge in [-0.05, 0) is 129 Å². The lowest BCUT2D eigenvalue weighted by Crippen LogP contribution is -2.33. The van der Waals surface area contributed by atoms with E-state index >= 15 is 0 Å². The fraction of sp³-hybridized carbons (Fsp3) is 0.0149. The average Bonchev–Trinajstić information content (AvgIpc) is 3.93. The molecule has 328 valence electrons. The number of hydrogen-bond acceptors (Lipinski definition) is 2. The number of hydrogen-bond donors (Lipinski definition) is 0. The largest absolute Gasteiger partial charge is 0.310 e. The first-order valence-corrected chi connectivity index (χ1v) is 24.2. The first-order chi connectivity index (χ1) is 34.8. The Labute approximate surface area is 408 Å². The molecule has 0 saturated carbocycles. The van der Waals surface area contributed by atoms with Crippen molar-refractivity contribution in [1.82, 2.24) is 4.57 Å². The monoisotopic (exact) mass is 891 g/mol. The highest BCUT2D eigenvalue weighted by Crippen LogP contribution is 2.64. The molecule has 70 heavy (non-hydrogen) atoms. The highest BCUT2D eigenvalue weighted by atomic mass is 15.2. The SMILES string of the molecule is c1ccc(-c2ccc(N(c3ccccc3)c3ccc4c(c3)C3(c5ccccc5-n5c6ccccc6c6cccc3c65)c3cccc(N(c5ccccc5)c5cccc(-c6ccccc6)c5)c3-4)cc2)cc1. The number of anilines is 6. The fourth-order valence-corrected chi connectivity index (χ4v) is 11.9. The molecule has 11 aromatic carbocycles. The summed E-state index contributed by atoms with van der Waals surface area (Å²) in [6.45, 7) is 0. The van der Waals surface area contributed by atoms with E-state index in [4.69, 9.17) is 0 Å². The first-order valence-electron chi connectivity index (χ1n) is 24.2. The molecule has 0 radical (unpaired) electrons. The lowest BCUT2D eigenvalue weighted by Gasteiger charge is -2.40. The number of rotatable bonds is 8. The summed E-state index contributed by atoms with van der Waals surface area (Å²) in [5.41, 5.74) is 21.9. The van der Waals surface area contributed by atoms with E-state index in [1.54, 1.807) is 0 Å². The Kier molecular flexibility index (Phi) is 9.11. The van der Waals surface area contributed by atoms with Crippen molar-refractivity contribution in [2.75, 3.05) is 9.80 Å². The third-order valence-electron chi connectivity index (χ3n) is 14.7. The minimum atomic E-state index is -0.690. The molecule has 1 aromatic heterocycles. The van der Waals surface area contributed by atoms with Crippen molar-refractivity contribution in [2.24, 2.45) is 0 Å². The molecule has 1 aliphatic carbocycles. The molecule has 0 fully saturated rings. The van der Waals surface area contributed by atoms with Crippen LogP contribution in [-0.2, 0) is 5.41 Å². The van der Waals surface area contributed by atoms with Crippen molar-refractivity contribution in [2.45, 2.75) is 5.41 Å². The highest BCUT2D eigenvalue weighted by Gasteiger charge is 2.52. The summed E-state index contributed by atoms with van der Waals surface area (Å²) in [6.07, 6.45) is 0. The molecule has 3 nitrogen and oxygen atoms in total. The quantitative estimate of drug-likeness (QED) is 0.151. The highest BCUT2D eigenvalue weighted by molar-refractivity contribution is 6.13. The summed E-state index contributed by atoms with van der Waals surface area (Å²) >= 11 is 0. The molecule has 1 spiro atoms. The fourth-order valence-electron chi connectivity index (χ4n) is 11.9. The number of aromatic nitrogens is 1. The molecule has 0 amide bonds. The minimum Gasteiger partial charge on any atom is -0.310 e. The van der Waals surface area contributed by atoms with Gasteiger partial charge in [0.25, 0.3) is 0 Å². The van der Waals surface area contributed by atoms with Crippen molar-refractivity contribution < 1.29 is 0 Å². The van der Waals surface area contributed by atoms with Crippen LogP contribution in [0.15, 0.2) is 273 Å². The van der Waals surface area contributed by atoms with Crippen LogP contribution in [0.1, 0.15) is 22.3 Å². The normalized spacial score (nSPS) is 14.1. The zero-order chi connectivity index (χ0) is 46.2. The smallest absolute Gasteiger partial charge is 0.0756 e. The van der Waals surface area contributed by atoms with E-state index in [1.807, 2.05) is 0 Å². The van der Waals surface area contributed by atoms with Crippen molar-refractivity contribution >= 4 is 55.9 Å². The van der Waals surface area contributed by atoms with Gasteiger partial charge in [0.05, 0.1) is 27.8 Å². The second kappa shape index (κ2) is 16.0. The maximum atomic E-state index is 2.53. The van der Waals surface area contributed by atoms with Gasteiger partial charge in [-0.2, -0.15) is 0 Å². The predicted octanol–water partition coefficient (Wildman–Crippen LogP) is 17.7. The van der Waals surface area contributed by atoms with Gasteiger partial charge >= 0.3 is 0 Å². The molecule has 14 rings (SSSR count). The molecule has 1 aliphatic heterocycles. The van der Waals surface area contributed by atoms with E-state index in [2.05, 4.69) is 287 Å². The van der Waals surface area contributed by atoms with Gasteiger partial charge < -0.3 is 14.4 Å². The summed E-state index contributed by atoms with van der Waals surface area (Å²) in [7, 11) is 0. The van der Waals surface area contributed by atoms with E-state index in [9.17, 15) is 0 Å². The van der Waals surface area contributed by atoms with Gasteiger partial charge in [0.1, 0.15) is 0 Å². The molecule has 0 N–H and O–H groups in total. The Morgan fingerprint density at radius 2 is 0.800 bits per heavy atom. The Bertz CT molecular complexity index is 3930. The standard InChI is InChI=1S/C67H45N3/c1-5-20-46(21-6-1)48-38-40-52(41-39-48)68(50-25-9-3-10-26-50)54-42-43-57-61(45-54)67(58-32-14-16-36-63(58)70-62-35-15-13-30-55(62)56-31-18-34-60(67)66(56)70)59-33-19-37-64(65(57)59)69(51-27-11-4-12-28-51)53-29-17-24-49(44-53)47-22-7-2-8-23-47/h1-45H. The van der Waals surface area contributed by atoms with Gasteiger partial charge in [-0.25, -0.2) is 0 Å². The number of para-hydroxylation sites is 5. The van der Waals surface area contributed by atoms with Crippen LogP contribution in [0.25, 0.3) is 60.9 Å². The lowest BCUT2D eigenvalue weighted by atomic mass is 9.65. The summed E-state index contributed by atoms with van der Waals surface area (Å²) in [5, 5.41) is 2.52. The second-order valence-corrected chi connectivity index (χ2v) is 18.4. The third kappa shape index (κ3) is 5.95. The van der Waals surface area contributed by atoms with Crippen LogP contribution in [0.5, 0.6) is 0 Å². The van der Waals surface area contributed by atoms with Crippen LogP contribution in [-0.4, -0.2) is 4.57 Å². The summed E-state index contributed by atoms with van der Waals surface area (Å²) in [5.74, 6) is 0. The van der Waals surface area contributed by atoms with Crippen LogP contribution < -0.4 is 9.80 Å². The molecular formula is C67H45N3. The van der Waals surface area contributed by atoms with Crippen LogP contribution >= 0.6 is 0 Å². The molecular weight excluding hydrogens is 847 g/mol. The number of fused-ring (bicyclic) bond motifs is 12. The van der Waals surface area contributed by atoms with Gasteiger partial charge in [0, 0.05) is 44.8 Å². The van der Waals surface area contributed by atoms with Gasteiger partial charge in [0.2, 0.25) is 0 Å². The molecule has 3 heteroatoms. The van der Waals surface area contributed by atoms with Crippen molar-refractivity contribution in [3.63, 3.8) is 0 Å². The van der Waals surface area contributed by atoms with Gasteiger partial charge in [-0.1, -0.05) is 194 Å². The number of benzene rings is 11. The minimum absolute atomic E-state index is 0.690. The predicted molar refractivity (Wildman–Crippen MR) is 292 cm³/mol. The molecule has 2 heterocycles. The summed E-state index contributed by atoms with van der Waals surface area (Å²) < 4.78 is 2.53.